The number of nitrogens with two attached hydrogens (primary N) is 1. The zero-order valence-electron chi connectivity index (χ0n) is 9.54. The molecule has 2 aromatic rings. The van der Waals surface area contributed by atoms with Gasteiger partial charge in [0, 0.05) is 20.6 Å². The molecule has 0 bridgehead atoms. The zero-order chi connectivity index (χ0) is 13.1. The molecular formula is C14H12BrCl2N. The van der Waals surface area contributed by atoms with Gasteiger partial charge in [-0.05, 0) is 47.9 Å². The van der Waals surface area contributed by atoms with Crippen molar-refractivity contribution < 1.29 is 0 Å². The van der Waals surface area contributed by atoms with Crippen molar-refractivity contribution in [2.75, 3.05) is 0 Å². The van der Waals surface area contributed by atoms with Gasteiger partial charge in [0.15, 0.2) is 0 Å². The topological polar surface area (TPSA) is 26.0 Å². The molecule has 0 spiro atoms. The van der Waals surface area contributed by atoms with Crippen LogP contribution in [0.25, 0.3) is 0 Å². The van der Waals surface area contributed by atoms with Gasteiger partial charge in [-0.25, -0.2) is 0 Å². The van der Waals surface area contributed by atoms with Crippen molar-refractivity contribution in [2.24, 2.45) is 5.73 Å². The Labute approximate surface area is 125 Å². The van der Waals surface area contributed by atoms with Gasteiger partial charge in [0.2, 0.25) is 0 Å². The van der Waals surface area contributed by atoms with Gasteiger partial charge in [-0.2, -0.15) is 0 Å². The van der Waals surface area contributed by atoms with Gasteiger partial charge < -0.3 is 5.73 Å². The van der Waals surface area contributed by atoms with E-state index >= 15 is 0 Å². The molecule has 94 valence electrons. The first kappa shape index (κ1) is 13.9. The maximum absolute atomic E-state index is 6.22. The number of benzene rings is 2. The van der Waals surface area contributed by atoms with Crippen LogP contribution in [-0.2, 0) is 6.42 Å². The second-order valence-corrected chi connectivity index (χ2v) is 5.83. The van der Waals surface area contributed by atoms with Gasteiger partial charge in [-0.1, -0.05) is 51.3 Å². The van der Waals surface area contributed by atoms with Crippen molar-refractivity contribution in [3.63, 3.8) is 0 Å². The quantitative estimate of drug-likeness (QED) is 0.833. The molecule has 2 rings (SSSR count). The van der Waals surface area contributed by atoms with E-state index in [1.165, 1.54) is 0 Å². The molecule has 0 aliphatic carbocycles. The summed E-state index contributed by atoms with van der Waals surface area (Å²) in [5.41, 5.74) is 8.33. The van der Waals surface area contributed by atoms with Crippen LogP contribution in [0.2, 0.25) is 10.0 Å². The van der Waals surface area contributed by atoms with Crippen LogP contribution >= 0.6 is 39.1 Å². The third-order valence-corrected chi connectivity index (χ3v) is 3.89. The normalized spacial score (nSPS) is 12.4. The Morgan fingerprint density at radius 1 is 1.06 bits per heavy atom. The Hall–Kier alpha value is -0.540. The minimum atomic E-state index is -0.114. The fourth-order valence-electron chi connectivity index (χ4n) is 1.83. The molecule has 1 atom stereocenters. The largest absolute Gasteiger partial charge is 0.324 e. The van der Waals surface area contributed by atoms with Crippen LogP contribution < -0.4 is 5.73 Å². The molecule has 0 fully saturated rings. The van der Waals surface area contributed by atoms with Gasteiger partial charge >= 0.3 is 0 Å². The van der Waals surface area contributed by atoms with E-state index in [1.54, 1.807) is 0 Å². The summed E-state index contributed by atoms with van der Waals surface area (Å²) in [6, 6.07) is 13.3. The second-order valence-electron chi connectivity index (χ2n) is 4.11. The SMILES string of the molecule is NC(Cc1cccc(Cl)c1)c1cc(Cl)ccc1Br. The fourth-order valence-corrected chi connectivity index (χ4v) is 2.76. The average molecular weight is 345 g/mol. The first-order valence-electron chi connectivity index (χ1n) is 5.51. The summed E-state index contributed by atoms with van der Waals surface area (Å²) in [5, 5.41) is 1.42. The van der Waals surface area contributed by atoms with E-state index in [0.717, 1.165) is 27.0 Å². The average Bonchev–Trinajstić information content (AvgIpc) is 2.32. The van der Waals surface area contributed by atoms with E-state index in [1.807, 2.05) is 42.5 Å². The van der Waals surface area contributed by atoms with Crippen molar-refractivity contribution in [2.45, 2.75) is 12.5 Å². The predicted molar refractivity (Wildman–Crippen MR) is 81.2 cm³/mol. The third kappa shape index (κ3) is 3.48. The molecule has 0 amide bonds. The van der Waals surface area contributed by atoms with Gasteiger partial charge in [-0.15, -0.1) is 0 Å². The number of hydrogen-bond acceptors (Lipinski definition) is 1. The number of rotatable bonds is 3. The molecule has 0 saturated carbocycles. The van der Waals surface area contributed by atoms with E-state index in [0.29, 0.717) is 5.02 Å². The van der Waals surface area contributed by atoms with Crippen LogP contribution in [0.15, 0.2) is 46.9 Å². The standard InChI is InChI=1S/C14H12BrCl2N/c15-13-5-4-11(17)8-12(13)14(18)7-9-2-1-3-10(16)6-9/h1-6,8,14H,7,18H2. The number of halogens is 3. The highest BCUT2D eigenvalue weighted by atomic mass is 79.9. The van der Waals surface area contributed by atoms with Gasteiger partial charge in [0.05, 0.1) is 0 Å². The molecule has 4 heteroatoms. The van der Waals surface area contributed by atoms with Gasteiger partial charge in [0.25, 0.3) is 0 Å². The van der Waals surface area contributed by atoms with Crippen molar-refractivity contribution in [1.82, 2.24) is 0 Å². The van der Waals surface area contributed by atoms with E-state index in [-0.39, 0.29) is 6.04 Å². The molecule has 0 radical (unpaired) electrons. The minimum absolute atomic E-state index is 0.114. The molecule has 0 aromatic heterocycles. The summed E-state index contributed by atoms with van der Waals surface area (Å²) >= 11 is 15.4. The van der Waals surface area contributed by atoms with E-state index < -0.39 is 0 Å². The monoisotopic (exact) mass is 343 g/mol. The third-order valence-electron chi connectivity index (χ3n) is 2.70. The van der Waals surface area contributed by atoms with Gasteiger partial charge in [0.1, 0.15) is 0 Å². The molecular weight excluding hydrogens is 333 g/mol. The van der Waals surface area contributed by atoms with Crippen molar-refractivity contribution in [3.05, 3.63) is 68.1 Å². The summed E-state index contributed by atoms with van der Waals surface area (Å²) in [5.74, 6) is 0. The Kier molecular flexibility index (Phi) is 4.68. The minimum Gasteiger partial charge on any atom is -0.324 e. The molecule has 0 heterocycles. The Balaban J connectivity index is 2.21. The second kappa shape index (κ2) is 6.07. The summed E-state index contributed by atoms with van der Waals surface area (Å²) in [6.07, 6.45) is 0.722. The molecule has 1 unspecified atom stereocenters. The Morgan fingerprint density at radius 2 is 1.78 bits per heavy atom. The highest BCUT2D eigenvalue weighted by molar-refractivity contribution is 9.10. The van der Waals surface area contributed by atoms with Crippen LogP contribution in [-0.4, -0.2) is 0 Å². The van der Waals surface area contributed by atoms with E-state index in [2.05, 4.69) is 15.9 Å². The predicted octanol–water partition coefficient (Wildman–Crippen LogP) is 5.00. The van der Waals surface area contributed by atoms with Crippen LogP contribution in [0.3, 0.4) is 0 Å². The van der Waals surface area contributed by atoms with Gasteiger partial charge in [-0.3, -0.25) is 0 Å². The lowest BCUT2D eigenvalue weighted by atomic mass is 10.00. The van der Waals surface area contributed by atoms with Crippen molar-refractivity contribution in [3.8, 4) is 0 Å². The Bertz CT molecular complexity index is 557. The lowest BCUT2D eigenvalue weighted by molar-refractivity contribution is 0.718. The summed E-state index contributed by atoms with van der Waals surface area (Å²) in [7, 11) is 0. The molecule has 2 aromatic carbocycles. The summed E-state index contributed by atoms with van der Waals surface area (Å²) in [6.45, 7) is 0. The maximum Gasteiger partial charge on any atom is 0.0410 e. The Morgan fingerprint density at radius 3 is 2.50 bits per heavy atom. The van der Waals surface area contributed by atoms with Crippen LogP contribution in [0, 0.1) is 0 Å². The highest BCUT2D eigenvalue weighted by Gasteiger charge is 2.11. The van der Waals surface area contributed by atoms with Crippen molar-refractivity contribution in [1.29, 1.82) is 0 Å². The van der Waals surface area contributed by atoms with Crippen LogP contribution in [0.4, 0.5) is 0 Å². The molecule has 18 heavy (non-hydrogen) atoms. The summed E-state index contributed by atoms with van der Waals surface area (Å²) < 4.78 is 0.974. The zero-order valence-corrected chi connectivity index (χ0v) is 12.6. The van der Waals surface area contributed by atoms with E-state index in [4.69, 9.17) is 28.9 Å². The molecule has 0 saturated heterocycles. The molecule has 1 nitrogen and oxygen atoms in total. The molecule has 0 aliphatic heterocycles. The van der Waals surface area contributed by atoms with E-state index in [9.17, 15) is 0 Å². The highest BCUT2D eigenvalue weighted by Crippen LogP contribution is 2.28. The first-order valence-corrected chi connectivity index (χ1v) is 7.06. The smallest absolute Gasteiger partial charge is 0.0410 e. The lowest BCUT2D eigenvalue weighted by Crippen LogP contribution is -2.14. The number of hydrogen-bond donors (Lipinski definition) is 1. The summed E-state index contributed by atoms with van der Waals surface area (Å²) in [4.78, 5) is 0. The fraction of sp³-hybridized carbons (Fsp3) is 0.143. The first-order chi connectivity index (χ1) is 8.56. The van der Waals surface area contributed by atoms with Crippen LogP contribution in [0.5, 0.6) is 0 Å². The molecule has 2 N–H and O–H groups in total. The van der Waals surface area contributed by atoms with Crippen LogP contribution in [0.1, 0.15) is 17.2 Å². The van der Waals surface area contributed by atoms with Crippen molar-refractivity contribution >= 4 is 39.1 Å². The molecule has 0 aliphatic rings. The lowest BCUT2D eigenvalue weighted by Gasteiger charge is -2.14. The maximum atomic E-state index is 6.22.